The Kier molecular flexibility index (Phi) is 4.76. The average molecular weight is 289 g/mol. The van der Waals surface area contributed by atoms with Gasteiger partial charge in [-0.15, -0.1) is 0 Å². The molecule has 0 aliphatic heterocycles. The zero-order valence-corrected chi connectivity index (χ0v) is 10.7. The van der Waals surface area contributed by atoms with E-state index in [1.807, 2.05) is 12.1 Å². The molecule has 0 amide bonds. The third kappa shape index (κ3) is 2.96. The summed E-state index contributed by atoms with van der Waals surface area (Å²) in [5.74, 6) is -0.296. The van der Waals surface area contributed by atoms with E-state index in [2.05, 4.69) is 15.9 Å². The van der Waals surface area contributed by atoms with Gasteiger partial charge in [0.05, 0.1) is 11.6 Å². The second kappa shape index (κ2) is 5.86. The normalized spacial score (nSPS) is 12.2. The second-order valence-corrected chi connectivity index (χ2v) is 3.99. The molecule has 16 heavy (non-hydrogen) atoms. The van der Waals surface area contributed by atoms with E-state index in [4.69, 9.17) is 14.6 Å². The van der Waals surface area contributed by atoms with Gasteiger partial charge in [0, 0.05) is 13.5 Å². The minimum Gasteiger partial charge on any atom is -0.496 e. The van der Waals surface area contributed by atoms with Crippen molar-refractivity contribution in [1.82, 2.24) is 0 Å². The summed E-state index contributed by atoms with van der Waals surface area (Å²) >= 11 is 3.37. The van der Waals surface area contributed by atoms with Crippen LogP contribution in [0.15, 0.2) is 22.7 Å². The van der Waals surface area contributed by atoms with Crippen molar-refractivity contribution in [2.24, 2.45) is 0 Å². The third-order valence-electron chi connectivity index (χ3n) is 2.23. The summed E-state index contributed by atoms with van der Waals surface area (Å²) in [5, 5.41) is 8.88. The molecule has 0 bridgehead atoms. The first-order valence-electron chi connectivity index (χ1n) is 4.67. The maximum atomic E-state index is 10.8. The van der Waals surface area contributed by atoms with Crippen molar-refractivity contribution in [3.63, 3.8) is 0 Å². The summed E-state index contributed by atoms with van der Waals surface area (Å²) < 4.78 is 10.8. The van der Waals surface area contributed by atoms with Crippen LogP contribution in [0.4, 0.5) is 0 Å². The molecule has 0 aliphatic rings. The van der Waals surface area contributed by atoms with E-state index in [9.17, 15) is 4.79 Å². The van der Waals surface area contributed by atoms with Gasteiger partial charge < -0.3 is 14.6 Å². The van der Waals surface area contributed by atoms with Crippen LogP contribution >= 0.6 is 15.9 Å². The molecule has 4 nitrogen and oxygen atoms in total. The minimum absolute atomic E-state index is 0.295. The van der Waals surface area contributed by atoms with E-state index in [-0.39, 0.29) is 0 Å². The molecular formula is C11H13BrO4. The van der Waals surface area contributed by atoms with Crippen LogP contribution in [0.5, 0.6) is 5.75 Å². The van der Waals surface area contributed by atoms with Gasteiger partial charge in [0.25, 0.3) is 0 Å². The number of ether oxygens (including phenoxy) is 2. The molecule has 0 radical (unpaired) electrons. The van der Waals surface area contributed by atoms with E-state index in [1.165, 1.54) is 7.11 Å². The molecule has 1 rings (SSSR count). The molecule has 1 atom stereocenters. The van der Waals surface area contributed by atoms with E-state index >= 15 is 0 Å². The first-order chi connectivity index (χ1) is 7.60. The molecule has 0 aromatic heterocycles. The molecule has 1 unspecified atom stereocenters. The highest BCUT2D eigenvalue weighted by Gasteiger charge is 2.19. The number of aliphatic carboxylic acids is 1. The molecule has 1 aromatic carbocycles. The molecule has 0 heterocycles. The van der Waals surface area contributed by atoms with Gasteiger partial charge in [-0.1, -0.05) is 12.1 Å². The lowest BCUT2D eigenvalue weighted by atomic mass is 10.1. The average Bonchev–Trinajstić information content (AvgIpc) is 2.27. The van der Waals surface area contributed by atoms with Crippen LogP contribution in [0.3, 0.4) is 0 Å². The molecule has 1 aromatic rings. The van der Waals surface area contributed by atoms with Crippen molar-refractivity contribution < 1.29 is 19.4 Å². The highest BCUT2D eigenvalue weighted by atomic mass is 79.9. The summed E-state index contributed by atoms with van der Waals surface area (Å²) in [6, 6.07) is 5.45. The number of rotatable bonds is 5. The molecular weight excluding hydrogens is 276 g/mol. The SMILES string of the molecule is COc1cccc(CC(OC)C(=O)O)c1Br. The molecule has 0 fully saturated rings. The summed E-state index contributed by atoms with van der Waals surface area (Å²) in [7, 11) is 2.95. The number of benzene rings is 1. The van der Waals surface area contributed by atoms with Crippen molar-refractivity contribution in [2.75, 3.05) is 14.2 Å². The standard InChI is InChI=1S/C11H13BrO4/c1-15-8-5-3-4-7(10(8)12)6-9(16-2)11(13)14/h3-5,9H,6H2,1-2H3,(H,13,14). The fraction of sp³-hybridized carbons (Fsp3) is 0.364. The molecule has 0 saturated heterocycles. The van der Waals surface area contributed by atoms with Gasteiger partial charge in [-0.3, -0.25) is 0 Å². The highest BCUT2D eigenvalue weighted by Crippen LogP contribution is 2.29. The zero-order valence-electron chi connectivity index (χ0n) is 9.07. The Hall–Kier alpha value is -1.07. The van der Waals surface area contributed by atoms with E-state index in [0.717, 1.165) is 10.0 Å². The van der Waals surface area contributed by atoms with Crippen molar-refractivity contribution >= 4 is 21.9 Å². The summed E-state index contributed by atoms with van der Waals surface area (Å²) in [5.41, 5.74) is 0.841. The van der Waals surface area contributed by atoms with Crippen LogP contribution in [-0.2, 0) is 16.0 Å². The van der Waals surface area contributed by atoms with Gasteiger partial charge >= 0.3 is 5.97 Å². The lowest BCUT2D eigenvalue weighted by Gasteiger charge is -2.13. The van der Waals surface area contributed by atoms with E-state index < -0.39 is 12.1 Å². The van der Waals surface area contributed by atoms with Crippen molar-refractivity contribution in [2.45, 2.75) is 12.5 Å². The van der Waals surface area contributed by atoms with Crippen LogP contribution in [0.2, 0.25) is 0 Å². The number of carboxylic acid groups (broad SMARTS) is 1. The monoisotopic (exact) mass is 288 g/mol. The highest BCUT2D eigenvalue weighted by molar-refractivity contribution is 9.10. The molecule has 0 saturated carbocycles. The van der Waals surface area contributed by atoms with Crippen LogP contribution < -0.4 is 4.74 Å². The Labute approximate surface area is 102 Å². The molecule has 5 heteroatoms. The minimum atomic E-state index is -0.975. The summed E-state index contributed by atoms with van der Waals surface area (Å²) in [6.07, 6.45) is -0.549. The lowest BCUT2D eigenvalue weighted by Crippen LogP contribution is -2.25. The smallest absolute Gasteiger partial charge is 0.333 e. The van der Waals surface area contributed by atoms with Gasteiger partial charge in [-0.25, -0.2) is 4.79 Å². The van der Waals surface area contributed by atoms with Gasteiger partial charge in [-0.2, -0.15) is 0 Å². The number of halogens is 1. The van der Waals surface area contributed by atoms with Crippen molar-refractivity contribution in [1.29, 1.82) is 0 Å². The Bertz CT molecular complexity index is 378. The maximum absolute atomic E-state index is 10.8. The predicted molar refractivity (Wildman–Crippen MR) is 62.8 cm³/mol. The number of carbonyl (C=O) groups is 1. The van der Waals surface area contributed by atoms with Crippen LogP contribution in [0.1, 0.15) is 5.56 Å². The third-order valence-corrected chi connectivity index (χ3v) is 3.13. The van der Waals surface area contributed by atoms with E-state index in [1.54, 1.807) is 13.2 Å². The number of carboxylic acids is 1. The first-order valence-corrected chi connectivity index (χ1v) is 5.46. The van der Waals surface area contributed by atoms with Gasteiger partial charge in [0.2, 0.25) is 0 Å². The van der Waals surface area contributed by atoms with Crippen LogP contribution in [0, 0.1) is 0 Å². The molecule has 1 N–H and O–H groups in total. The Morgan fingerprint density at radius 1 is 1.50 bits per heavy atom. The van der Waals surface area contributed by atoms with Crippen LogP contribution in [-0.4, -0.2) is 31.4 Å². The molecule has 0 aliphatic carbocycles. The predicted octanol–water partition coefficient (Wildman–Crippen LogP) is 2.10. The second-order valence-electron chi connectivity index (χ2n) is 3.20. The Morgan fingerprint density at radius 2 is 2.19 bits per heavy atom. The number of hydrogen-bond donors (Lipinski definition) is 1. The maximum Gasteiger partial charge on any atom is 0.333 e. The number of methoxy groups -OCH3 is 2. The van der Waals surface area contributed by atoms with Gasteiger partial charge in [-0.05, 0) is 27.6 Å². The van der Waals surface area contributed by atoms with Gasteiger partial charge in [0.15, 0.2) is 6.10 Å². The quantitative estimate of drug-likeness (QED) is 0.902. The van der Waals surface area contributed by atoms with Gasteiger partial charge in [0.1, 0.15) is 5.75 Å². The topological polar surface area (TPSA) is 55.8 Å². The zero-order chi connectivity index (χ0) is 12.1. The molecule has 0 spiro atoms. The van der Waals surface area contributed by atoms with E-state index in [0.29, 0.717) is 12.2 Å². The first kappa shape index (κ1) is 13.0. The largest absolute Gasteiger partial charge is 0.496 e. The fourth-order valence-corrected chi connectivity index (χ4v) is 1.93. The van der Waals surface area contributed by atoms with Crippen molar-refractivity contribution in [3.8, 4) is 5.75 Å². The Balaban J connectivity index is 2.92. The summed E-state index contributed by atoms with van der Waals surface area (Å²) in [4.78, 5) is 10.8. The molecule has 88 valence electrons. The van der Waals surface area contributed by atoms with Crippen LogP contribution in [0.25, 0.3) is 0 Å². The van der Waals surface area contributed by atoms with Crippen molar-refractivity contribution in [3.05, 3.63) is 28.2 Å². The Morgan fingerprint density at radius 3 is 2.69 bits per heavy atom. The number of hydrogen-bond acceptors (Lipinski definition) is 3. The summed E-state index contributed by atoms with van der Waals surface area (Å²) in [6.45, 7) is 0. The fourth-order valence-electron chi connectivity index (χ4n) is 1.34. The lowest BCUT2D eigenvalue weighted by molar-refractivity contribution is -0.148.